The van der Waals surface area contributed by atoms with Gasteiger partial charge in [0, 0.05) is 37.8 Å². The highest BCUT2D eigenvalue weighted by Crippen LogP contribution is 2.14. The van der Waals surface area contributed by atoms with E-state index in [0.717, 1.165) is 60.4 Å². The summed E-state index contributed by atoms with van der Waals surface area (Å²) in [6.45, 7) is 1.59. The van der Waals surface area contributed by atoms with Crippen LogP contribution in [0.2, 0.25) is 5.02 Å². The number of rotatable bonds is 7. The molecule has 1 aromatic carbocycles. The van der Waals surface area contributed by atoms with Crippen LogP contribution in [-0.4, -0.2) is 40.7 Å². The van der Waals surface area contributed by atoms with Gasteiger partial charge in [0.15, 0.2) is 11.6 Å². The van der Waals surface area contributed by atoms with Crippen LogP contribution in [0.5, 0.6) is 0 Å². The average Bonchev–Trinajstić information content (AvgIpc) is 3.08. The topological polar surface area (TPSA) is 66.6 Å². The third kappa shape index (κ3) is 6.07. The Kier molecular flexibility index (Phi) is 8.80. The quantitative estimate of drug-likeness (QED) is 0.227. The highest BCUT2D eigenvalue weighted by Gasteiger charge is 2.05. The number of benzene rings is 1. The predicted molar refractivity (Wildman–Crippen MR) is 121 cm³/mol. The first-order chi connectivity index (χ1) is 12.8. The molecule has 0 fully saturated rings. The van der Waals surface area contributed by atoms with Crippen molar-refractivity contribution in [1.29, 1.82) is 0 Å². The second-order valence-corrected chi connectivity index (χ2v) is 6.32. The number of hydrogen-bond acceptors (Lipinski definition) is 3. The first kappa shape index (κ1) is 21.4. The van der Waals surface area contributed by atoms with Gasteiger partial charge in [0.2, 0.25) is 0 Å². The summed E-state index contributed by atoms with van der Waals surface area (Å²) in [4.78, 5) is 4.25. The maximum absolute atomic E-state index is 6.18. The first-order valence-electron chi connectivity index (χ1n) is 8.74. The van der Waals surface area contributed by atoms with Crippen molar-refractivity contribution in [1.82, 2.24) is 25.2 Å². The van der Waals surface area contributed by atoms with E-state index in [1.54, 1.807) is 7.05 Å². The van der Waals surface area contributed by atoms with Gasteiger partial charge in [0.05, 0.1) is 0 Å². The van der Waals surface area contributed by atoms with Gasteiger partial charge in [0.25, 0.3) is 0 Å². The van der Waals surface area contributed by atoms with Crippen LogP contribution in [0.3, 0.4) is 0 Å². The smallest absolute Gasteiger partial charge is 0.190 e. The van der Waals surface area contributed by atoms with E-state index in [4.69, 9.17) is 11.6 Å². The van der Waals surface area contributed by atoms with E-state index in [1.807, 2.05) is 53.1 Å². The van der Waals surface area contributed by atoms with Gasteiger partial charge in [-0.3, -0.25) is 9.39 Å². The molecule has 0 radical (unpaired) electrons. The van der Waals surface area contributed by atoms with E-state index in [0.29, 0.717) is 0 Å². The largest absolute Gasteiger partial charge is 0.356 e. The molecule has 0 saturated heterocycles. The van der Waals surface area contributed by atoms with Crippen molar-refractivity contribution in [2.24, 2.45) is 4.99 Å². The lowest BCUT2D eigenvalue weighted by atomic mass is 10.1. The molecule has 0 saturated carbocycles. The number of nitrogens with one attached hydrogen (secondary N) is 2. The van der Waals surface area contributed by atoms with Crippen molar-refractivity contribution < 1.29 is 0 Å². The van der Waals surface area contributed by atoms with E-state index in [9.17, 15) is 0 Å². The molecule has 3 rings (SSSR count). The standard InChI is InChI=1S/C19H23ClN6.HI/c1-21-19(23-13-11-15-7-2-3-8-16(15)20)22-12-6-10-18-25-24-17-9-4-5-14-26(17)18;/h2-5,7-9,14H,6,10-13H2,1H3,(H2,21,22,23);1H. The number of aliphatic imine (C=N–C) groups is 1. The molecule has 3 aromatic rings. The molecule has 0 unspecified atom stereocenters. The molecule has 0 aliphatic heterocycles. The molecule has 2 heterocycles. The maximum Gasteiger partial charge on any atom is 0.190 e. The molecule has 0 bridgehead atoms. The lowest BCUT2D eigenvalue weighted by molar-refractivity contribution is 0.713. The molecule has 8 heteroatoms. The second kappa shape index (κ2) is 11.1. The minimum absolute atomic E-state index is 0. The van der Waals surface area contributed by atoms with Crippen molar-refractivity contribution in [3.8, 4) is 0 Å². The lowest BCUT2D eigenvalue weighted by Crippen LogP contribution is -2.38. The fourth-order valence-corrected chi connectivity index (χ4v) is 2.98. The highest BCUT2D eigenvalue weighted by molar-refractivity contribution is 14.0. The molecule has 144 valence electrons. The van der Waals surface area contributed by atoms with Crippen molar-refractivity contribution in [2.75, 3.05) is 20.1 Å². The molecule has 27 heavy (non-hydrogen) atoms. The Morgan fingerprint density at radius 1 is 1.04 bits per heavy atom. The van der Waals surface area contributed by atoms with Crippen LogP contribution in [-0.2, 0) is 12.8 Å². The van der Waals surface area contributed by atoms with Gasteiger partial charge < -0.3 is 10.6 Å². The Labute approximate surface area is 181 Å². The Balaban J connectivity index is 0.00000261. The van der Waals surface area contributed by atoms with E-state index in [2.05, 4.69) is 25.8 Å². The number of pyridine rings is 1. The molecule has 6 nitrogen and oxygen atoms in total. The van der Waals surface area contributed by atoms with Gasteiger partial charge in [-0.1, -0.05) is 35.9 Å². The summed E-state index contributed by atoms with van der Waals surface area (Å²) in [5, 5.41) is 15.9. The highest BCUT2D eigenvalue weighted by atomic mass is 127. The van der Waals surface area contributed by atoms with Gasteiger partial charge in [0.1, 0.15) is 5.82 Å². The number of guanidine groups is 1. The van der Waals surface area contributed by atoms with Crippen LogP contribution in [0.4, 0.5) is 0 Å². The van der Waals surface area contributed by atoms with Gasteiger partial charge in [-0.05, 0) is 36.6 Å². The Morgan fingerprint density at radius 3 is 2.63 bits per heavy atom. The number of nitrogens with zero attached hydrogens (tertiary/aromatic N) is 4. The average molecular weight is 499 g/mol. The monoisotopic (exact) mass is 498 g/mol. The Bertz CT molecular complexity index is 879. The van der Waals surface area contributed by atoms with Crippen LogP contribution in [0.25, 0.3) is 5.65 Å². The van der Waals surface area contributed by atoms with Gasteiger partial charge in [-0.15, -0.1) is 34.2 Å². The summed E-state index contributed by atoms with van der Waals surface area (Å²) in [5.41, 5.74) is 2.02. The zero-order valence-corrected chi connectivity index (χ0v) is 18.3. The predicted octanol–water partition coefficient (Wildman–Crippen LogP) is 3.34. The molecule has 2 aromatic heterocycles. The summed E-state index contributed by atoms with van der Waals surface area (Å²) in [5.74, 6) is 1.77. The van der Waals surface area contributed by atoms with E-state index in [1.165, 1.54) is 0 Å². The molecule has 0 atom stereocenters. The summed E-state index contributed by atoms with van der Waals surface area (Å²) >= 11 is 6.18. The van der Waals surface area contributed by atoms with Crippen LogP contribution in [0, 0.1) is 0 Å². The van der Waals surface area contributed by atoms with Crippen molar-refractivity contribution in [2.45, 2.75) is 19.3 Å². The Morgan fingerprint density at radius 2 is 1.81 bits per heavy atom. The number of aryl methyl sites for hydroxylation is 1. The minimum atomic E-state index is 0. The van der Waals surface area contributed by atoms with Gasteiger partial charge in [-0.2, -0.15) is 0 Å². The van der Waals surface area contributed by atoms with E-state index < -0.39 is 0 Å². The normalized spacial score (nSPS) is 11.3. The molecular formula is C19H24ClIN6. The summed E-state index contributed by atoms with van der Waals surface area (Å²) < 4.78 is 2.02. The fourth-order valence-electron chi connectivity index (χ4n) is 2.75. The number of halogens is 2. The zero-order chi connectivity index (χ0) is 18.2. The zero-order valence-electron chi connectivity index (χ0n) is 15.2. The second-order valence-electron chi connectivity index (χ2n) is 5.92. The van der Waals surface area contributed by atoms with Gasteiger partial charge >= 0.3 is 0 Å². The molecule has 0 aliphatic rings. The third-order valence-corrected chi connectivity index (χ3v) is 4.49. The van der Waals surface area contributed by atoms with Crippen LogP contribution in [0.15, 0.2) is 53.7 Å². The van der Waals surface area contributed by atoms with Crippen LogP contribution < -0.4 is 10.6 Å². The van der Waals surface area contributed by atoms with E-state index in [-0.39, 0.29) is 24.0 Å². The van der Waals surface area contributed by atoms with Gasteiger partial charge in [-0.25, -0.2) is 0 Å². The Hall–Kier alpha value is -1.87. The number of fused-ring (bicyclic) bond motifs is 1. The summed E-state index contributed by atoms with van der Waals surface area (Å²) in [6, 6.07) is 13.8. The molecule has 2 N–H and O–H groups in total. The molecular weight excluding hydrogens is 475 g/mol. The third-order valence-electron chi connectivity index (χ3n) is 4.12. The summed E-state index contributed by atoms with van der Waals surface area (Å²) in [6.07, 6.45) is 4.65. The van der Waals surface area contributed by atoms with Crippen LogP contribution in [0.1, 0.15) is 17.8 Å². The molecule has 0 aliphatic carbocycles. The van der Waals surface area contributed by atoms with Crippen molar-refractivity contribution >= 4 is 47.2 Å². The van der Waals surface area contributed by atoms with Crippen LogP contribution >= 0.6 is 35.6 Å². The number of aromatic nitrogens is 3. The fraction of sp³-hybridized carbons (Fsp3) is 0.316. The van der Waals surface area contributed by atoms with Crippen molar-refractivity contribution in [3.63, 3.8) is 0 Å². The molecule has 0 amide bonds. The molecule has 0 spiro atoms. The van der Waals surface area contributed by atoms with Crippen molar-refractivity contribution in [3.05, 3.63) is 65.1 Å². The first-order valence-corrected chi connectivity index (χ1v) is 9.12. The van der Waals surface area contributed by atoms with E-state index >= 15 is 0 Å². The maximum atomic E-state index is 6.18. The minimum Gasteiger partial charge on any atom is -0.356 e. The lowest BCUT2D eigenvalue weighted by Gasteiger charge is -2.12. The SMILES string of the molecule is CN=C(NCCCc1nnc2ccccn12)NCCc1ccccc1Cl.I. The number of hydrogen-bond donors (Lipinski definition) is 2. The summed E-state index contributed by atoms with van der Waals surface area (Å²) in [7, 11) is 1.77.